The van der Waals surface area contributed by atoms with Crippen LogP contribution in [0.1, 0.15) is 53.9 Å². The molecule has 3 N–H and O–H groups in total. The second-order valence-electron chi connectivity index (χ2n) is 5.25. The maximum absolute atomic E-state index is 12.2. The second kappa shape index (κ2) is 9.26. The Labute approximate surface area is 123 Å². The Hall–Kier alpha value is -0.680. The summed E-state index contributed by atoms with van der Waals surface area (Å²) in [6, 6.07) is 0.395. The van der Waals surface area contributed by atoms with Gasteiger partial charge in [0.15, 0.2) is 0 Å². The zero-order valence-corrected chi connectivity index (χ0v) is 13.7. The van der Waals surface area contributed by atoms with Gasteiger partial charge in [-0.25, -0.2) is 0 Å². The predicted molar refractivity (Wildman–Crippen MR) is 85.2 cm³/mol. The van der Waals surface area contributed by atoms with Crippen molar-refractivity contribution >= 4 is 23.1 Å². The topological polar surface area (TPSA) is 58.4 Å². The van der Waals surface area contributed by atoms with E-state index >= 15 is 0 Å². The Morgan fingerprint density at radius 1 is 1.26 bits per heavy atom. The first-order valence-electron chi connectivity index (χ1n) is 7.17. The van der Waals surface area contributed by atoms with Crippen molar-refractivity contribution in [2.24, 2.45) is 5.73 Å². The van der Waals surface area contributed by atoms with Crippen LogP contribution in [0.2, 0.25) is 0 Å². The number of amides is 1. The van der Waals surface area contributed by atoms with Gasteiger partial charge in [0.1, 0.15) is 0 Å². The molecular formula is C14H29N3OS. The van der Waals surface area contributed by atoms with Crippen LogP contribution in [0.15, 0.2) is 0 Å². The summed E-state index contributed by atoms with van der Waals surface area (Å²) in [6.45, 7) is 11.0. The molecule has 0 aromatic carbocycles. The van der Waals surface area contributed by atoms with E-state index < -0.39 is 0 Å². The van der Waals surface area contributed by atoms with E-state index in [1.54, 1.807) is 0 Å². The quantitative estimate of drug-likeness (QED) is 0.637. The van der Waals surface area contributed by atoms with Gasteiger partial charge in [0.2, 0.25) is 5.91 Å². The Kier molecular flexibility index (Phi) is 8.93. The van der Waals surface area contributed by atoms with Crippen LogP contribution >= 0.6 is 12.2 Å². The zero-order chi connectivity index (χ0) is 15.0. The van der Waals surface area contributed by atoms with Crippen molar-refractivity contribution in [1.29, 1.82) is 0 Å². The number of thiocarbonyl (C=S) groups is 1. The minimum atomic E-state index is -0.157. The summed E-state index contributed by atoms with van der Waals surface area (Å²) < 4.78 is 0. The lowest BCUT2D eigenvalue weighted by atomic mass is 10.1. The summed E-state index contributed by atoms with van der Waals surface area (Å²) in [7, 11) is 0. The van der Waals surface area contributed by atoms with E-state index in [0.717, 1.165) is 19.4 Å². The molecule has 0 spiro atoms. The average Bonchev–Trinajstić information content (AvgIpc) is 2.34. The fraction of sp³-hybridized carbons (Fsp3) is 0.857. The molecule has 19 heavy (non-hydrogen) atoms. The number of hydrogen-bond acceptors (Lipinski definition) is 3. The molecule has 0 fully saturated rings. The summed E-state index contributed by atoms with van der Waals surface area (Å²) in [5, 5.41) is 3.09. The summed E-state index contributed by atoms with van der Waals surface area (Å²) in [4.78, 5) is 14.9. The zero-order valence-electron chi connectivity index (χ0n) is 12.9. The third kappa shape index (κ3) is 6.87. The molecule has 1 unspecified atom stereocenters. The van der Waals surface area contributed by atoms with Crippen LogP contribution in [0.4, 0.5) is 0 Å². The van der Waals surface area contributed by atoms with Crippen molar-refractivity contribution < 1.29 is 4.79 Å². The summed E-state index contributed by atoms with van der Waals surface area (Å²) in [5.41, 5.74) is 5.55. The number of rotatable bonds is 9. The lowest BCUT2D eigenvalue weighted by Crippen LogP contribution is -2.51. The minimum absolute atomic E-state index is 0.0883. The van der Waals surface area contributed by atoms with Gasteiger partial charge in [-0.2, -0.15) is 0 Å². The fourth-order valence-corrected chi connectivity index (χ4v) is 2.19. The van der Waals surface area contributed by atoms with Crippen LogP contribution in [0, 0.1) is 0 Å². The normalized spacial score (nSPS) is 13.1. The molecule has 0 aliphatic rings. The number of carbonyl (C=O) groups excluding carboxylic acids is 1. The second-order valence-corrected chi connectivity index (χ2v) is 5.77. The van der Waals surface area contributed by atoms with Gasteiger partial charge in [0.05, 0.1) is 11.0 Å². The van der Waals surface area contributed by atoms with Crippen LogP contribution in [0.3, 0.4) is 0 Å². The third-order valence-electron chi connectivity index (χ3n) is 3.49. The third-order valence-corrected chi connectivity index (χ3v) is 3.69. The Bertz CT molecular complexity index is 290. The molecule has 1 atom stereocenters. The lowest BCUT2D eigenvalue weighted by molar-refractivity contribution is -0.127. The van der Waals surface area contributed by atoms with Crippen LogP contribution < -0.4 is 11.1 Å². The van der Waals surface area contributed by atoms with E-state index in [9.17, 15) is 4.79 Å². The van der Waals surface area contributed by atoms with Gasteiger partial charge in [-0.1, -0.05) is 26.1 Å². The molecule has 1 amide bonds. The number of carbonyl (C=O) groups is 1. The highest BCUT2D eigenvalue weighted by Gasteiger charge is 2.24. The largest absolute Gasteiger partial charge is 0.393 e. The van der Waals surface area contributed by atoms with Crippen molar-refractivity contribution in [3.63, 3.8) is 0 Å². The fourth-order valence-electron chi connectivity index (χ4n) is 2.10. The molecule has 5 heteroatoms. The van der Waals surface area contributed by atoms with E-state index in [2.05, 4.69) is 37.9 Å². The lowest BCUT2D eigenvalue weighted by Gasteiger charge is -2.32. The standard InChI is InChI=1S/C14H29N3OS/c1-6-12(7-2)16-14(18)11(5)17(10(3)4)9-8-13(15)19/h10-12H,6-9H2,1-5H3,(H2,15,19)(H,16,18). The van der Waals surface area contributed by atoms with Gasteiger partial charge in [-0.15, -0.1) is 0 Å². The maximum atomic E-state index is 12.2. The average molecular weight is 287 g/mol. The first-order chi connectivity index (χ1) is 8.83. The van der Waals surface area contributed by atoms with Gasteiger partial charge in [0, 0.05) is 25.0 Å². The van der Waals surface area contributed by atoms with E-state index in [4.69, 9.17) is 18.0 Å². The Balaban J connectivity index is 4.56. The minimum Gasteiger partial charge on any atom is -0.393 e. The summed E-state index contributed by atoms with van der Waals surface area (Å²) in [5.74, 6) is 0.0883. The molecule has 0 rings (SSSR count). The van der Waals surface area contributed by atoms with Gasteiger partial charge in [-0.3, -0.25) is 9.69 Å². The van der Waals surface area contributed by atoms with Crippen LogP contribution in [-0.4, -0.2) is 40.5 Å². The molecule has 112 valence electrons. The SMILES string of the molecule is CCC(CC)NC(=O)C(C)N(CCC(N)=S)C(C)C. The maximum Gasteiger partial charge on any atom is 0.237 e. The number of nitrogens with two attached hydrogens (primary N) is 1. The first kappa shape index (κ1) is 18.3. The van der Waals surface area contributed by atoms with Crippen LogP contribution in [-0.2, 0) is 4.79 Å². The van der Waals surface area contributed by atoms with E-state index in [1.807, 2.05) is 6.92 Å². The van der Waals surface area contributed by atoms with Crippen LogP contribution in [0.25, 0.3) is 0 Å². The molecule has 0 radical (unpaired) electrons. The Morgan fingerprint density at radius 3 is 2.16 bits per heavy atom. The predicted octanol–water partition coefficient (Wildman–Crippen LogP) is 2.07. The highest BCUT2D eigenvalue weighted by atomic mass is 32.1. The molecule has 0 aromatic heterocycles. The molecule has 0 saturated heterocycles. The van der Waals surface area contributed by atoms with Gasteiger partial charge < -0.3 is 11.1 Å². The van der Waals surface area contributed by atoms with Crippen molar-refractivity contribution in [3.8, 4) is 0 Å². The molecular weight excluding hydrogens is 258 g/mol. The summed E-state index contributed by atoms with van der Waals surface area (Å²) >= 11 is 4.91. The monoisotopic (exact) mass is 287 g/mol. The molecule has 0 saturated carbocycles. The van der Waals surface area contributed by atoms with Crippen molar-refractivity contribution in [2.75, 3.05) is 6.54 Å². The van der Waals surface area contributed by atoms with Crippen molar-refractivity contribution in [1.82, 2.24) is 10.2 Å². The van der Waals surface area contributed by atoms with E-state index in [1.165, 1.54) is 0 Å². The highest BCUT2D eigenvalue weighted by molar-refractivity contribution is 7.80. The van der Waals surface area contributed by atoms with Gasteiger partial charge in [0.25, 0.3) is 0 Å². The van der Waals surface area contributed by atoms with E-state index in [0.29, 0.717) is 11.4 Å². The molecule has 4 nitrogen and oxygen atoms in total. The molecule has 0 heterocycles. The molecule has 0 bridgehead atoms. The number of nitrogens with one attached hydrogen (secondary N) is 1. The number of nitrogens with zero attached hydrogens (tertiary/aromatic N) is 1. The molecule has 0 aromatic rings. The Morgan fingerprint density at radius 2 is 1.79 bits per heavy atom. The first-order valence-corrected chi connectivity index (χ1v) is 7.58. The highest BCUT2D eigenvalue weighted by Crippen LogP contribution is 2.08. The van der Waals surface area contributed by atoms with Gasteiger partial charge in [-0.05, 0) is 33.6 Å². The van der Waals surface area contributed by atoms with Crippen molar-refractivity contribution in [3.05, 3.63) is 0 Å². The van der Waals surface area contributed by atoms with Gasteiger partial charge >= 0.3 is 0 Å². The number of hydrogen-bond donors (Lipinski definition) is 2. The van der Waals surface area contributed by atoms with E-state index in [-0.39, 0.29) is 24.0 Å². The summed E-state index contributed by atoms with van der Waals surface area (Å²) in [6.07, 6.45) is 2.57. The molecule has 0 aliphatic heterocycles. The van der Waals surface area contributed by atoms with Crippen molar-refractivity contribution in [2.45, 2.75) is 72.0 Å². The molecule has 0 aliphatic carbocycles. The smallest absolute Gasteiger partial charge is 0.237 e. The van der Waals surface area contributed by atoms with Crippen LogP contribution in [0.5, 0.6) is 0 Å².